The molecule has 0 fully saturated rings. The molecule has 1 rings (SSSR count). The molecule has 0 radical (unpaired) electrons. The zero-order chi connectivity index (χ0) is 28.0. The lowest BCUT2D eigenvalue weighted by Gasteiger charge is -2.17. The molecule has 6 heteroatoms. The quantitative estimate of drug-likeness (QED) is 0.115. The second-order valence-corrected chi connectivity index (χ2v) is 10.8. The summed E-state index contributed by atoms with van der Waals surface area (Å²) < 4.78 is 0. The zero-order valence-electron chi connectivity index (χ0n) is 24.1. The molecule has 0 saturated heterocycles. The van der Waals surface area contributed by atoms with Gasteiger partial charge in [-0.25, -0.2) is 9.59 Å². The third-order valence-electron chi connectivity index (χ3n) is 7.38. The molecule has 0 aliphatic heterocycles. The molecule has 0 aliphatic carbocycles. The summed E-state index contributed by atoms with van der Waals surface area (Å²) in [4.78, 5) is 36.1. The van der Waals surface area contributed by atoms with Crippen LogP contribution in [0.3, 0.4) is 0 Å². The fraction of sp³-hybridized carbons (Fsp3) is 0.719. The van der Waals surface area contributed by atoms with Crippen LogP contribution < -0.4 is 5.32 Å². The van der Waals surface area contributed by atoms with Gasteiger partial charge in [-0.1, -0.05) is 129 Å². The molecule has 216 valence electrons. The molecule has 1 unspecified atom stereocenters. The van der Waals surface area contributed by atoms with Crippen LogP contribution in [0.2, 0.25) is 0 Å². The fourth-order valence-electron chi connectivity index (χ4n) is 5.00. The predicted octanol–water partition coefficient (Wildman–Crippen LogP) is 9.48. The second kappa shape index (κ2) is 21.6. The number of carbonyl (C=O) groups excluding carboxylic acids is 1. The highest BCUT2D eigenvalue weighted by molar-refractivity contribution is 5.99. The molecule has 0 aromatic heterocycles. The number of carbonyl (C=O) groups is 3. The molecule has 0 saturated carbocycles. The zero-order valence-corrected chi connectivity index (χ0v) is 24.1. The van der Waals surface area contributed by atoms with Gasteiger partial charge in [0, 0.05) is 11.6 Å². The third-order valence-corrected chi connectivity index (χ3v) is 7.38. The van der Waals surface area contributed by atoms with Gasteiger partial charge in [0.15, 0.2) is 0 Å². The van der Waals surface area contributed by atoms with E-state index in [0.29, 0.717) is 0 Å². The van der Waals surface area contributed by atoms with Crippen molar-refractivity contribution < 1.29 is 24.6 Å². The van der Waals surface area contributed by atoms with E-state index < -0.39 is 11.9 Å². The maximum absolute atomic E-state index is 13.2. The van der Waals surface area contributed by atoms with Gasteiger partial charge in [-0.15, -0.1) is 0 Å². The van der Waals surface area contributed by atoms with Gasteiger partial charge in [0.25, 0.3) is 0 Å². The standard InChI is InChI=1S/C32H53NO5/c1-3-5-7-9-11-13-14-16-18-20-22-26(21-19-17-15-12-10-8-6-4-2)30(34)33-29-24-27(31(35)36)23-28(25-29)32(37)38/h23-26H,3-22H2,1-2H3,(H,33,34)(H,35,36)(H,37,38). The van der Waals surface area contributed by atoms with E-state index in [2.05, 4.69) is 19.2 Å². The Kier molecular flexibility index (Phi) is 19.1. The molecular formula is C32H53NO5. The van der Waals surface area contributed by atoms with E-state index in [1.165, 1.54) is 102 Å². The average molecular weight is 532 g/mol. The summed E-state index contributed by atoms with van der Waals surface area (Å²) in [5.41, 5.74) is -0.0552. The Morgan fingerprint density at radius 2 is 0.921 bits per heavy atom. The maximum atomic E-state index is 13.2. The third kappa shape index (κ3) is 15.8. The minimum atomic E-state index is -1.22. The van der Waals surface area contributed by atoms with Crippen molar-refractivity contribution in [2.24, 2.45) is 5.92 Å². The number of aromatic carboxylic acids is 2. The molecule has 1 amide bonds. The van der Waals surface area contributed by atoms with E-state index in [1.807, 2.05) is 0 Å². The first kappa shape index (κ1) is 33.7. The number of unbranched alkanes of at least 4 members (excludes halogenated alkanes) is 16. The predicted molar refractivity (Wildman–Crippen MR) is 156 cm³/mol. The molecule has 3 N–H and O–H groups in total. The largest absolute Gasteiger partial charge is 0.478 e. The summed E-state index contributed by atoms with van der Waals surface area (Å²) in [6.45, 7) is 4.46. The lowest BCUT2D eigenvalue weighted by atomic mass is 9.93. The van der Waals surface area contributed by atoms with Gasteiger partial charge in [-0.2, -0.15) is 0 Å². The molecule has 0 aliphatic rings. The van der Waals surface area contributed by atoms with Crippen LogP contribution in [0.25, 0.3) is 0 Å². The van der Waals surface area contributed by atoms with Gasteiger partial charge in [-0.05, 0) is 31.0 Å². The number of benzene rings is 1. The Morgan fingerprint density at radius 3 is 1.26 bits per heavy atom. The van der Waals surface area contributed by atoms with Crippen molar-refractivity contribution in [2.75, 3.05) is 5.32 Å². The highest BCUT2D eigenvalue weighted by Gasteiger charge is 2.20. The summed E-state index contributed by atoms with van der Waals surface area (Å²) in [6.07, 6.45) is 23.8. The molecule has 0 spiro atoms. The van der Waals surface area contributed by atoms with Crippen LogP contribution in [0.15, 0.2) is 18.2 Å². The number of carboxylic acids is 2. The number of nitrogens with one attached hydrogen (secondary N) is 1. The van der Waals surface area contributed by atoms with Crippen molar-refractivity contribution in [2.45, 2.75) is 142 Å². The van der Waals surface area contributed by atoms with Gasteiger partial charge >= 0.3 is 11.9 Å². The van der Waals surface area contributed by atoms with Crippen molar-refractivity contribution in [3.8, 4) is 0 Å². The molecule has 38 heavy (non-hydrogen) atoms. The van der Waals surface area contributed by atoms with Crippen molar-refractivity contribution in [1.82, 2.24) is 0 Å². The van der Waals surface area contributed by atoms with Crippen LogP contribution in [0, 0.1) is 5.92 Å². The van der Waals surface area contributed by atoms with E-state index in [-0.39, 0.29) is 28.6 Å². The summed E-state index contributed by atoms with van der Waals surface area (Å²) in [5.74, 6) is -2.72. The van der Waals surface area contributed by atoms with Crippen molar-refractivity contribution in [3.63, 3.8) is 0 Å². The summed E-state index contributed by atoms with van der Waals surface area (Å²) >= 11 is 0. The molecule has 1 aromatic carbocycles. The minimum Gasteiger partial charge on any atom is -0.478 e. The molecule has 0 heterocycles. The topological polar surface area (TPSA) is 104 Å². The molecule has 1 aromatic rings. The van der Waals surface area contributed by atoms with E-state index in [0.717, 1.165) is 44.6 Å². The van der Waals surface area contributed by atoms with Crippen molar-refractivity contribution >= 4 is 23.5 Å². The van der Waals surface area contributed by atoms with Gasteiger partial charge in [0.05, 0.1) is 11.1 Å². The first-order chi connectivity index (χ1) is 18.4. The van der Waals surface area contributed by atoms with Crippen molar-refractivity contribution in [3.05, 3.63) is 29.3 Å². The van der Waals surface area contributed by atoms with Crippen LogP contribution in [0.4, 0.5) is 5.69 Å². The highest BCUT2D eigenvalue weighted by atomic mass is 16.4. The summed E-state index contributed by atoms with van der Waals surface area (Å²) in [5, 5.41) is 21.5. The lowest BCUT2D eigenvalue weighted by molar-refractivity contribution is -0.120. The summed E-state index contributed by atoms with van der Waals surface area (Å²) in [6, 6.07) is 3.78. The van der Waals surface area contributed by atoms with Crippen LogP contribution in [-0.2, 0) is 4.79 Å². The highest BCUT2D eigenvalue weighted by Crippen LogP contribution is 2.23. The van der Waals surface area contributed by atoms with Gasteiger partial charge < -0.3 is 15.5 Å². The van der Waals surface area contributed by atoms with Crippen LogP contribution in [0.5, 0.6) is 0 Å². The number of rotatable bonds is 24. The Bertz CT molecular complexity index is 775. The van der Waals surface area contributed by atoms with Gasteiger partial charge in [0.1, 0.15) is 0 Å². The lowest BCUT2D eigenvalue weighted by Crippen LogP contribution is -2.23. The Hall–Kier alpha value is -2.37. The van der Waals surface area contributed by atoms with Crippen molar-refractivity contribution in [1.29, 1.82) is 0 Å². The van der Waals surface area contributed by atoms with E-state index in [4.69, 9.17) is 0 Å². The molecule has 1 atom stereocenters. The Labute approximate surface area is 231 Å². The second-order valence-electron chi connectivity index (χ2n) is 10.8. The number of carboxylic acid groups (broad SMARTS) is 2. The van der Waals surface area contributed by atoms with Crippen LogP contribution in [0.1, 0.15) is 163 Å². The molecular weight excluding hydrogens is 478 g/mol. The van der Waals surface area contributed by atoms with Gasteiger partial charge in [0.2, 0.25) is 5.91 Å². The monoisotopic (exact) mass is 531 g/mol. The van der Waals surface area contributed by atoms with E-state index in [9.17, 15) is 24.6 Å². The Balaban J connectivity index is 2.60. The number of hydrogen-bond acceptors (Lipinski definition) is 3. The molecule has 6 nitrogen and oxygen atoms in total. The number of amides is 1. The fourth-order valence-corrected chi connectivity index (χ4v) is 5.00. The molecule has 0 bridgehead atoms. The normalized spacial score (nSPS) is 11.8. The summed E-state index contributed by atoms with van der Waals surface area (Å²) in [7, 11) is 0. The number of anilines is 1. The maximum Gasteiger partial charge on any atom is 0.335 e. The first-order valence-corrected chi connectivity index (χ1v) is 15.3. The van der Waals surface area contributed by atoms with E-state index in [1.54, 1.807) is 0 Å². The SMILES string of the molecule is CCCCCCCCCCCCC(CCCCCCCCCC)C(=O)Nc1cc(C(=O)O)cc(C(=O)O)c1. The first-order valence-electron chi connectivity index (χ1n) is 15.3. The van der Waals surface area contributed by atoms with Gasteiger partial charge in [-0.3, -0.25) is 4.79 Å². The number of hydrogen-bond donors (Lipinski definition) is 3. The van der Waals surface area contributed by atoms with E-state index >= 15 is 0 Å². The minimum absolute atomic E-state index is 0.136. The average Bonchev–Trinajstić information content (AvgIpc) is 2.89. The Morgan fingerprint density at radius 1 is 0.579 bits per heavy atom. The van der Waals surface area contributed by atoms with Crippen LogP contribution >= 0.6 is 0 Å². The van der Waals surface area contributed by atoms with Crippen LogP contribution in [-0.4, -0.2) is 28.1 Å². The smallest absolute Gasteiger partial charge is 0.335 e.